The van der Waals surface area contributed by atoms with Crippen LogP contribution in [0, 0.1) is 5.92 Å². The van der Waals surface area contributed by atoms with Crippen LogP contribution >= 0.6 is 0 Å². The van der Waals surface area contributed by atoms with Crippen LogP contribution in [0.15, 0.2) is 0 Å². The van der Waals surface area contributed by atoms with Crippen molar-refractivity contribution in [1.29, 1.82) is 0 Å². The third-order valence-corrected chi connectivity index (χ3v) is 2.91. The van der Waals surface area contributed by atoms with Gasteiger partial charge in [0.2, 0.25) is 5.91 Å². The molecule has 0 aromatic rings. The third-order valence-electron chi connectivity index (χ3n) is 2.91. The molecule has 1 rings (SSSR count). The Bertz CT molecular complexity index is 205. The van der Waals surface area contributed by atoms with Crippen LogP contribution in [0.5, 0.6) is 0 Å². The van der Waals surface area contributed by atoms with Crippen LogP contribution in [-0.4, -0.2) is 43.7 Å². The molecule has 0 spiro atoms. The Hall–Kier alpha value is -0.610. The fraction of sp³-hybridized carbons (Fsp3) is 0.909. The summed E-state index contributed by atoms with van der Waals surface area (Å²) in [4.78, 5) is 13.3. The fourth-order valence-electron chi connectivity index (χ4n) is 1.27. The first-order valence-corrected chi connectivity index (χ1v) is 5.68. The zero-order chi connectivity index (χ0) is 11.3. The Morgan fingerprint density at radius 1 is 1.60 bits per heavy atom. The molecule has 15 heavy (non-hydrogen) atoms. The molecule has 0 aromatic heterocycles. The van der Waals surface area contributed by atoms with Gasteiger partial charge >= 0.3 is 0 Å². The van der Waals surface area contributed by atoms with Crippen molar-refractivity contribution < 1.29 is 9.53 Å². The molecule has 1 saturated carbocycles. The molecule has 1 aliphatic carbocycles. The van der Waals surface area contributed by atoms with Gasteiger partial charge in [0, 0.05) is 26.2 Å². The number of amides is 1. The molecule has 1 aliphatic rings. The summed E-state index contributed by atoms with van der Waals surface area (Å²) in [5.41, 5.74) is 5.49. The number of hydrogen-bond donors (Lipinski definition) is 1. The third kappa shape index (κ3) is 4.62. The Morgan fingerprint density at radius 3 is 2.80 bits per heavy atom. The maximum absolute atomic E-state index is 11.6. The van der Waals surface area contributed by atoms with E-state index in [1.165, 1.54) is 12.8 Å². The lowest BCUT2D eigenvalue weighted by Crippen LogP contribution is -2.40. The van der Waals surface area contributed by atoms with E-state index < -0.39 is 0 Å². The van der Waals surface area contributed by atoms with Crippen molar-refractivity contribution in [3.8, 4) is 0 Å². The lowest BCUT2D eigenvalue weighted by Gasteiger charge is -2.23. The summed E-state index contributed by atoms with van der Waals surface area (Å²) in [6.07, 6.45) is 3.05. The van der Waals surface area contributed by atoms with Gasteiger partial charge in [-0.25, -0.2) is 0 Å². The summed E-state index contributed by atoms with van der Waals surface area (Å²) in [6.45, 7) is 3.81. The Balaban J connectivity index is 2.05. The van der Waals surface area contributed by atoms with E-state index in [0.717, 1.165) is 12.5 Å². The number of carbonyl (C=O) groups excluding carboxylic acids is 1. The van der Waals surface area contributed by atoms with E-state index in [9.17, 15) is 4.79 Å². The first-order valence-electron chi connectivity index (χ1n) is 5.68. The largest absolute Gasteiger partial charge is 0.381 e. The van der Waals surface area contributed by atoms with Gasteiger partial charge in [-0.3, -0.25) is 4.79 Å². The standard InChI is InChI=1S/C11H22N2O2/c1-9(7-12)13(2)11(14)5-6-15-8-10-3-4-10/h9-10H,3-8,12H2,1-2H3. The van der Waals surface area contributed by atoms with E-state index >= 15 is 0 Å². The van der Waals surface area contributed by atoms with E-state index in [-0.39, 0.29) is 11.9 Å². The predicted molar refractivity (Wildman–Crippen MR) is 59.4 cm³/mol. The minimum Gasteiger partial charge on any atom is -0.381 e. The van der Waals surface area contributed by atoms with Crippen molar-refractivity contribution in [3.63, 3.8) is 0 Å². The lowest BCUT2D eigenvalue weighted by atomic mass is 10.3. The van der Waals surface area contributed by atoms with Crippen LogP contribution in [0.3, 0.4) is 0 Å². The smallest absolute Gasteiger partial charge is 0.224 e. The number of nitrogens with zero attached hydrogens (tertiary/aromatic N) is 1. The Morgan fingerprint density at radius 2 is 2.27 bits per heavy atom. The lowest BCUT2D eigenvalue weighted by molar-refractivity contribution is -0.132. The van der Waals surface area contributed by atoms with Gasteiger partial charge in [-0.05, 0) is 25.7 Å². The quantitative estimate of drug-likeness (QED) is 0.632. The number of ether oxygens (including phenoxy) is 1. The van der Waals surface area contributed by atoms with Crippen molar-refractivity contribution in [3.05, 3.63) is 0 Å². The van der Waals surface area contributed by atoms with Gasteiger partial charge in [0.05, 0.1) is 13.0 Å². The molecular weight excluding hydrogens is 192 g/mol. The van der Waals surface area contributed by atoms with Crippen LogP contribution < -0.4 is 5.73 Å². The van der Waals surface area contributed by atoms with Gasteiger partial charge in [0.25, 0.3) is 0 Å². The molecule has 4 nitrogen and oxygen atoms in total. The average molecular weight is 214 g/mol. The molecule has 1 amide bonds. The summed E-state index contributed by atoms with van der Waals surface area (Å²) >= 11 is 0. The SMILES string of the molecule is CC(CN)N(C)C(=O)CCOCC1CC1. The molecule has 0 saturated heterocycles. The predicted octanol–water partition coefficient (Wildman–Crippen LogP) is 0.609. The highest BCUT2D eigenvalue weighted by molar-refractivity contribution is 5.76. The normalized spacial score (nSPS) is 17.5. The summed E-state index contributed by atoms with van der Waals surface area (Å²) in [7, 11) is 1.79. The molecule has 0 bridgehead atoms. The van der Waals surface area contributed by atoms with E-state index in [1.54, 1.807) is 11.9 Å². The van der Waals surface area contributed by atoms with Crippen molar-refractivity contribution in [2.75, 3.05) is 26.8 Å². The number of nitrogens with two attached hydrogens (primary N) is 1. The molecule has 0 aliphatic heterocycles. The van der Waals surface area contributed by atoms with Gasteiger partial charge in [-0.1, -0.05) is 0 Å². The molecule has 1 atom stereocenters. The van der Waals surface area contributed by atoms with Gasteiger partial charge in [0.15, 0.2) is 0 Å². The topological polar surface area (TPSA) is 55.6 Å². The van der Waals surface area contributed by atoms with Crippen molar-refractivity contribution >= 4 is 5.91 Å². The minimum atomic E-state index is 0.112. The van der Waals surface area contributed by atoms with E-state index in [2.05, 4.69) is 0 Å². The van der Waals surface area contributed by atoms with Crippen molar-refractivity contribution in [2.24, 2.45) is 11.7 Å². The van der Waals surface area contributed by atoms with Gasteiger partial charge < -0.3 is 15.4 Å². The molecule has 4 heteroatoms. The van der Waals surface area contributed by atoms with Crippen LogP contribution in [0.2, 0.25) is 0 Å². The van der Waals surface area contributed by atoms with Crippen molar-refractivity contribution in [1.82, 2.24) is 4.90 Å². The average Bonchev–Trinajstić information content (AvgIpc) is 3.05. The fourth-order valence-corrected chi connectivity index (χ4v) is 1.27. The number of rotatable bonds is 7. The number of carbonyl (C=O) groups is 1. The summed E-state index contributed by atoms with van der Waals surface area (Å²) in [5.74, 6) is 0.879. The second-order valence-corrected chi connectivity index (χ2v) is 4.36. The van der Waals surface area contributed by atoms with Crippen molar-refractivity contribution in [2.45, 2.75) is 32.2 Å². The van der Waals surface area contributed by atoms with Gasteiger partial charge in [0.1, 0.15) is 0 Å². The molecule has 1 fully saturated rings. The molecule has 0 heterocycles. The minimum absolute atomic E-state index is 0.112. The number of likely N-dealkylation sites (N-methyl/N-ethyl adjacent to an activating group) is 1. The van der Waals surface area contributed by atoms with E-state index in [1.807, 2.05) is 6.92 Å². The molecule has 0 aromatic carbocycles. The zero-order valence-electron chi connectivity index (χ0n) is 9.74. The maximum Gasteiger partial charge on any atom is 0.224 e. The van der Waals surface area contributed by atoms with E-state index in [4.69, 9.17) is 10.5 Å². The Kier molecular flexibility index (Phi) is 5.05. The van der Waals surface area contributed by atoms with E-state index in [0.29, 0.717) is 19.6 Å². The molecule has 88 valence electrons. The summed E-state index contributed by atoms with van der Waals surface area (Å²) < 4.78 is 5.41. The monoisotopic (exact) mass is 214 g/mol. The van der Waals surface area contributed by atoms with Crippen LogP contribution in [0.4, 0.5) is 0 Å². The molecule has 1 unspecified atom stereocenters. The van der Waals surface area contributed by atoms with Crippen LogP contribution in [0.1, 0.15) is 26.2 Å². The second kappa shape index (κ2) is 6.08. The Labute approximate surface area is 91.8 Å². The van der Waals surface area contributed by atoms with Crippen LogP contribution in [-0.2, 0) is 9.53 Å². The molecular formula is C11H22N2O2. The second-order valence-electron chi connectivity index (χ2n) is 4.36. The number of hydrogen-bond acceptors (Lipinski definition) is 3. The summed E-state index contributed by atoms with van der Waals surface area (Å²) in [5, 5.41) is 0. The highest BCUT2D eigenvalue weighted by Gasteiger charge is 2.21. The zero-order valence-corrected chi connectivity index (χ0v) is 9.74. The summed E-state index contributed by atoms with van der Waals surface area (Å²) in [6, 6.07) is 0.112. The van der Waals surface area contributed by atoms with Gasteiger partial charge in [-0.2, -0.15) is 0 Å². The first-order chi connectivity index (χ1) is 7.15. The molecule has 0 radical (unpaired) electrons. The van der Waals surface area contributed by atoms with Crippen LogP contribution in [0.25, 0.3) is 0 Å². The van der Waals surface area contributed by atoms with Gasteiger partial charge in [-0.15, -0.1) is 0 Å². The highest BCUT2D eigenvalue weighted by Crippen LogP contribution is 2.28. The maximum atomic E-state index is 11.6. The first kappa shape index (κ1) is 12.5. The molecule has 2 N–H and O–H groups in total. The highest BCUT2D eigenvalue weighted by atomic mass is 16.5.